The van der Waals surface area contributed by atoms with Crippen molar-refractivity contribution in [2.45, 2.75) is 83.8 Å². The number of hydrogen-bond acceptors (Lipinski definition) is 4. The van der Waals surface area contributed by atoms with E-state index in [0.29, 0.717) is 12.0 Å². The summed E-state index contributed by atoms with van der Waals surface area (Å²) < 4.78 is 0. The lowest BCUT2D eigenvalue weighted by molar-refractivity contribution is -0.120. The number of carbonyl (C=O) groups is 1. The number of amides is 1. The van der Waals surface area contributed by atoms with Crippen molar-refractivity contribution in [3.63, 3.8) is 0 Å². The number of hydrogen-bond donors (Lipinski definition) is 4. The Morgan fingerprint density at radius 3 is 2.27 bits per heavy atom. The van der Waals surface area contributed by atoms with E-state index in [1.54, 1.807) is 12.1 Å². The van der Waals surface area contributed by atoms with Crippen molar-refractivity contribution < 1.29 is 9.90 Å². The first-order chi connectivity index (χ1) is 15.9. The third-order valence-corrected chi connectivity index (χ3v) is 6.08. The van der Waals surface area contributed by atoms with Gasteiger partial charge in [-0.3, -0.25) is 4.79 Å². The summed E-state index contributed by atoms with van der Waals surface area (Å²) in [7, 11) is 0. The fourth-order valence-corrected chi connectivity index (χ4v) is 4.27. The molecule has 0 aliphatic rings. The molecule has 2 aromatic carbocycles. The van der Waals surface area contributed by atoms with Crippen LogP contribution in [0.2, 0.25) is 0 Å². The van der Waals surface area contributed by atoms with Gasteiger partial charge in [-0.1, -0.05) is 76.1 Å². The smallest absolute Gasteiger partial charge is 0.234 e. The normalized spacial score (nSPS) is 14.2. The average molecular weight is 454 g/mol. The minimum atomic E-state index is -0.332. The number of nitrogens with one attached hydrogen (secondary N) is 2. The largest absolute Gasteiger partial charge is 0.508 e. The van der Waals surface area contributed by atoms with E-state index < -0.39 is 0 Å². The minimum Gasteiger partial charge on any atom is -0.508 e. The van der Waals surface area contributed by atoms with E-state index in [4.69, 9.17) is 5.73 Å². The quantitative estimate of drug-likeness (QED) is 0.300. The molecule has 1 unspecified atom stereocenters. The van der Waals surface area contributed by atoms with Crippen LogP contribution in [0.15, 0.2) is 54.6 Å². The van der Waals surface area contributed by atoms with Crippen LogP contribution in [-0.2, 0) is 17.6 Å². The summed E-state index contributed by atoms with van der Waals surface area (Å²) in [6, 6.07) is 18.1. The van der Waals surface area contributed by atoms with E-state index in [1.165, 1.54) is 5.56 Å². The van der Waals surface area contributed by atoms with Gasteiger partial charge in [-0.15, -0.1) is 0 Å². The predicted octanol–water partition coefficient (Wildman–Crippen LogP) is 4.57. The van der Waals surface area contributed by atoms with E-state index in [0.717, 1.165) is 57.1 Å². The lowest BCUT2D eigenvalue weighted by atomic mass is 9.96. The summed E-state index contributed by atoms with van der Waals surface area (Å²) in [6.45, 7) is 7.40. The third kappa shape index (κ3) is 10.9. The summed E-state index contributed by atoms with van der Waals surface area (Å²) in [6.07, 6.45) is 6.73. The Balaban J connectivity index is 2.06. The fraction of sp³-hybridized carbons (Fsp3) is 0.536. The van der Waals surface area contributed by atoms with Crippen LogP contribution in [0.3, 0.4) is 0 Å². The minimum absolute atomic E-state index is 0.0651. The number of nitrogens with two attached hydrogens (primary N) is 1. The van der Waals surface area contributed by atoms with Gasteiger partial charge in [0.1, 0.15) is 5.75 Å². The maximum Gasteiger partial charge on any atom is 0.234 e. The average Bonchev–Trinajstić information content (AvgIpc) is 2.79. The number of rotatable bonds is 16. The zero-order valence-electron chi connectivity index (χ0n) is 20.6. The molecule has 0 heterocycles. The molecule has 2 rings (SSSR count). The molecule has 0 saturated heterocycles. The lowest BCUT2D eigenvalue weighted by Crippen LogP contribution is -2.52. The third-order valence-electron chi connectivity index (χ3n) is 6.08. The van der Waals surface area contributed by atoms with E-state index >= 15 is 0 Å². The Hall–Kier alpha value is -2.37. The van der Waals surface area contributed by atoms with Crippen LogP contribution in [-0.4, -0.2) is 35.7 Å². The summed E-state index contributed by atoms with van der Waals surface area (Å²) >= 11 is 0. The van der Waals surface area contributed by atoms with Gasteiger partial charge in [-0.25, -0.2) is 0 Å². The van der Waals surface area contributed by atoms with Crippen molar-refractivity contribution in [1.29, 1.82) is 0 Å². The molecule has 0 aliphatic heterocycles. The highest BCUT2D eigenvalue weighted by atomic mass is 16.3. The summed E-state index contributed by atoms with van der Waals surface area (Å²) in [5, 5.41) is 17.0. The van der Waals surface area contributed by atoms with E-state index in [1.807, 2.05) is 12.1 Å². The second-order valence-electron chi connectivity index (χ2n) is 9.59. The lowest BCUT2D eigenvalue weighted by Gasteiger charge is -2.28. The van der Waals surface area contributed by atoms with Crippen molar-refractivity contribution in [3.8, 4) is 5.75 Å². The number of benzene rings is 2. The molecule has 5 N–H and O–H groups in total. The van der Waals surface area contributed by atoms with Crippen molar-refractivity contribution in [3.05, 3.63) is 65.7 Å². The molecule has 0 bridgehead atoms. The molecule has 0 saturated carbocycles. The van der Waals surface area contributed by atoms with Crippen LogP contribution < -0.4 is 16.4 Å². The summed E-state index contributed by atoms with van der Waals surface area (Å²) in [5.74, 6) is 0.573. The molecular weight excluding hydrogens is 410 g/mol. The first-order valence-electron chi connectivity index (χ1n) is 12.5. The highest BCUT2D eigenvalue weighted by Crippen LogP contribution is 2.15. The Labute approximate surface area is 200 Å². The number of aryl methyl sites for hydroxylation is 1. The molecule has 0 aromatic heterocycles. The highest BCUT2D eigenvalue weighted by molar-refractivity contribution is 5.79. The van der Waals surface area contributed by atoms with Gasteiger partial charge in [0.15, 0.2) is 0 Å². The van der Waals surface area contributed by atoms with Crippen molar-refractivity contribution in [1.82, 2.24) is 10.6 Å². The Bertz CT molecular complexity index is 793. The van der Waals surface area contributed by atoms with Gasteiger partial charge in [-0.2, -0.15) is 0 Å². The van der Waals surface area contributed by atoms with Crippen LogP contribution in [0.1, 0.15) is 64.0 Å². The number of unbranched alkanes of at least 4 members (excludes halogenated alkanes) is 1. The molecule has 1 amide bonds. The first-order valence-corrected chi connectivity index (χ1v) is 12.5. The molecule has 5 heteroatoms. The monoisotopic (exact) mass is 453 g/mol. The molecule has 2 aromatic rings. The topological polar surface area (TPSA) is 87.4 Å². The van der Waals surface area contributed by atoms with E-state index in [-0.39, 0.29) is 23.7 Å². The fourth-order valence-electron chi connectivity index (χ4n) is 4.27. The van der Waals surface area contributed by atoms with Gasteiger partial charge in [-0.05, 0) is 61.3 Å². The van der Waals surface area contributed by atoms with E-state index in [2.05, 4.69) is 61.7 Å². The second-order valence-corrected chi connectivity index (χ2v) is 9.59. The molecule has 33 heavy (non-hydrogen) atoms. The molecule has 0 aliphatic carbocycles. The Morgan fingerprint density at radius 2 is 1.67 bits per heavy atom. The Morgan fingerprint density at radius 1 is 0.970 bits per heavy atom. The summed E-state index contributed by atoms with van der Waals surface area (Å²) in [4.78, 5) is 12.1. The number of aromatic hydroxyl groups is 1. The number of phenolic OH excluding ortho intramolecular Hbond substituents is 1. The maximum atomic E-state index is 12.1. The predicted molar refractivity (Wildman–Crippen MR) is 137 cm³/mol. The van der Waals surface area contributed by atoms with E-state index in [9.17, 15) is 9.90 Å². The Kier molecular flexibility index (Phi) is 12.0. The molecule has 0 spiro atoms. The van der Waals surface area contributed by atoms with Gasteiger partial charge in [0.05, 0.1) is 6.04 Å². The molecule has 3 atom stereocenters. The van der Waals surface area contributed by atoms with Crippen molar-refractivity contribution in [2.75, 3.05) is 6.54 Å². The standard InChI is InChI=1S/C28H43N3O2/c1-4-5-11-27(28(29)33)31-25(19-23-13-16-26(32)17-14-23)20-30-24(18-21(2)3)15-12-22-9-7-6-8-10-22/h6-10,13-14,16-17,21,24-25,27,30-32H,4-5,11-12,15,18-20H2,1-3H3,(H2,29,33)/t24-,25?,27+/m1/s1. The first kappa shape index (κ1) is 26.9. The highest BCUT2D eigenvalue weighted by Gasteiger charge is 2.21. The van der Waals surface area contributed by atoms with Crippen LogP contribution in [0.5, 0.6) is 5.75 Å². The maximum absolute atomic E-state index is 12.1. The van der Waals surface area contributed by atoms with Gasteiger partial charge < -0.3 is 21.5 Å². The van der Waals surface area contributed by atoms with Crippen molar-refractivity contribution in [2.24, 2.45) is 11.7 Å². The van der Waals surface area contributed by atoms with Crippen LogP contribution in [0.25, 0.3) is 0 Å². The van der Waals surface area contributed by atoms with Gasteiger partial charge in [0.25, 0.3) is 0 Å². The molecule has 182 valence electrons. The molecule has 5 nitrogen and oxygen atoms in total. The van der Waals surface area contributed by atoms with Crippen molar-refractivity contribution >= 4 is 5.91 Å². The molecular formula is C28H43N3O2. The zero-order valence-corrected chi connectivity index (χ0v) is 20.6. The van der Waals surface area contributed by atoms with Crippen LogP contribution in [0.4, 0.5) is 0 Å². The van der Waals surface area contributed by atoms with Crippen LogP contribution in [0, 0.1) is 5.92 Å². The van der Waals surface area contributed by atoms with Gasteiger partial charge in [0.2, 0.25) is 5.91 Å². The molecule has 0 fully saturated rings. The number of carbonyl (C=O) groups excluding carboxylic acids is 1. The summed E-state index contributed by atoms with van der Waals surface area (Å²) in [5.41, 5.74) is 8.20. The second kappa shape index (κ2) is 14.7. The van der Waals surface area contributed by atoms with Crippen LogP contribution >= 0.6 is 0 Å². The SMILES string of the molecule is CCCC[C@H](NC(CN[C@H](CCc1ccccc1)CC(C)C)Cc1ccc(O)cc1)C(N)=O. The van der Waals surface area contributed by atoms with Gasteiger partial charge >= 0.3 is 0 Å². The van der Waals surface area contributed by atoms with Gasteiger partial charge in [0, 0.05) is 18.6 Å². The zero-order chi connectivity index (χ0) is 24.1. The molecule has 0 radical (unpaired) electrons. The number of phenols is 1. The number of primary amides is 1.